The van der Waals surface area contributed by atoms with Crippen molar-refractivity contribution in [2.24, 2.45) is 0 Å². The molecule has 1 fully saturated rings. The molecule has 1 aromatic carbocycles. The number of thiol groups is 1. The molecule has 3 aromatic rings. The Morgan fingerprint density at radius 1 is 1.17 bits per heavy atom. The molecule has 3 heterocycles. The number of morpholine rings is 1. The van der Waals surface area contributed by atoms with E-state index in [0.717, 1.165) is 49.4 Å². The van der Waals surface area contributed by atoms with E-state index in [4.69, 9.17) is 21.3 Å². The van der Waals surface area contributed by atoms with E-state index in [2.05, 4.69) is 22.5 Å². The molecule has 1 aliphatic heterocycles. The second-order valence-corrected chi connectivity index (χ2v) is 8.90. The maximum Gasteiger partial charge on any atom is 0.271 e. The van der Waals surface area contributed by atoms with Crippen molar-refractivity contribution >= 4 is 41.2 Å². The summed E-state index contributed by atoms with van der Waals surface area (Å²) in [6, 6.07) is 9.83. The van der Waals surface area contributed by atoms with Gasteiger partial charge in [0.1, 0.15) is 6.33 Å². The molecule has 0 unspecified atom stereocenters. The van der Waals surface area contributed by atoms with Crippen molar-refractivity contribution < 1.29 is 4.74 Å². The number of ether oxygens (including phenoxy) is 1. The van der Waals surface area contributed by atoms with Crippen LogP contribution in [0.4, 0.5) is 0 Å². The van der Waals surface area contributed by atoms with Crippen LogP contribution in [0.1, 0.15) is 18.3 Å². The van der Waals surface area contributed by atoms with Crippen LogP contribution < -0.4 is 5.56 Å². The Kier molecular flexibility index (Phi) is 8.71. The lowest BCUT2D eigenvalue weighted by molar-refractivity contribution is 0.0337. The van der Waals surface area contributed by atoms with Crippen molar-refractivity contribution in [2.75, 3.05) is 26.3 Å². The Balaban J connectivity index is 1.52. The molecule has 0 spiro atoms. The van der Waals surface area contributed by atoms with E-state index in [1.54, 1.807) is 24.3 Å². The van der Waals surface area contributed by atoms with Gasteiger partial charge in [-0.3, -0.25) is 19.2 Å². The molecule has 0 amide bonds. The van der Waals surface area contributed by atoms with Gasteiger partial charge in [0.05, 0.1) is 40.7 Å². The maximum atomic E-state index is 13.0. The summed E-state index contributed by atoms with van der Waals surface area (Å²) >= 11 is 10.4. The Morgan fingerprint density at radius 3 is 2.80 bits per heavy atom. The third kappa shape index (κ3) is 6.58. The second kappa shape index (κ2) is 12.1. The molecular weight excluding hydrogens is 480 g/mol. The van der Waals surface area contributed by atoms with Crippen molar-refractivity contribution in [1.29, 1.82) is 0 Å². The fourth-order valence-corrected chi connectivity index (χ4v) is 4.16. The normalized spacial score (nSPS) is 15.8. The molecule has 0 bridgehead atoms. The van der Waals surface area contributed by atoms with Crippen molar-refractivity contribution in [1.82, 2.24) is 19.4 Å². The lowest BCUT2D eigenvalue weighted by Gasteiger charge is -2.26. The predicted octanol–water partition coefficient (Wildman–Crippen LogP) is 5.17. The first-order chi connectivity index (χ1) is 17.0. The quantitative estimate of drug-likeness (QED) is 0.354. The summed E-state index contributed by atoms with van der Waals surface area (Å²) in [6.07, 6.45) is 14.1. The summed E-state index contributed by atoms with van der Waals surface area (Å²) in [5.74, 6) is 0. The zero-order valence-corrected chi connectivity index (χ0v) is 21.1. The summed E-state index contributed by atoms with van der Waals surface area (Å²) in [5, 5.41) is 1.59. The van der Waals surface area contributed by atoms with Crippen molar-refractivity contribution in [3.63, 3.8) is 0 Å². The minimum atomic E-state index is -0.237. The van der Waals surface area contributed by atoms with Gasteiger partial charge in [0.15, 0.2) is 0 Å². The zero-order valence-electron chi connectivity index (χ0n) is 19.5. The van der Waals surface area contributed by atoms with Gasteiger partial charge in [0, 0.05) is 30.1 Å². The number of allylic oxidation sites excluding steroid dienone is 7. The Morgan fingerprint density at radius 2 is 2.00 bits per heavy atom. The zero-order chi connectivity index (χ0) is 24.6. The minimum absolute atomic E-state index is 0.237. The van der Waals surface area contributed by atoms with Crippen LogP contribution in [0.2, 0.25) is 0 Å². The molecule has 180 valence electrons. The first kappa shape index (κ1) is 25.1. The fraction of sp³-hybridized carbons (Fsp3) is 0.222. The van der Waals surface area contributed by atoms with Crippen LogP contribution >= 0.6 is 24.2 Å². The molecule has 0 N–H and O–H groups in total. The molecule has 0 radical (unpaired) electrons. The van der Waals surface area contributed by atoms with Crippen LogP contribution in [0, 0.1) is 0 Å². The van der Waals surface area contributed by atoms with E-state index in [-0.39, 0.29) is 10.5 Å². The molecular formula is C27H27ClN4O2S. The SMILES string of the molecule is C\C=C/C(Cl)=C\C=C\C=C\c1ncn(-c2ccc3nc(CN4CCOCC4)ccc3c2)c(=O)c1S. The number of aromatic nitrogens is 3. The Bertz CT molecular complexity index is 1370. The highest BCUT2D eigenvalue weighted by molar-refractivity contribution is 7.80. The van der Waals surface area contributed by atoms with Gasteiger partial charge in [0.2, 0.25) is 0 Å². The molecule has 4 rings (SSSR count). The van der Waals surface area contributed by atoms with Gasteiger partial charge in [-0.2, -0.15) is 0 Å². The van der Waals surface area contributed by atoms with Crippen molar-refractivity contribution in [2.45, 2.75) is 18.4 Å². The number of nitrogens with zero attached hydrogens (tertiary/aromatic N) is 4. The van der Waals surface area contributed by atoms with Crippen LogP contribution in [-0.2, 0) is 11.3 Å². The topological polar surface area (TPSA) is 60.3 Å². The lowest BCUT2D eigenvalue weighted by atomic mass is 10.1. The first-order valence-electron chi connectivity index (χ1n) is 11.4. The molecule has 8 heteroatoms. The fourth-order valence-electron chi connectivity index (χ4n) is 3.72. The summed E-state index contributed by atoms with van der Waals surface area (Å²) in [4.78, 5) is 24.8. The van der Waals surface area contributed by atoms with E-state index >= 15 is 0 Å². The van der Waals surface area contributed by atoms with E-state index in [0.29, 0.717) is 16.4 Å². The number of fused-ring (bicyclic) bond motifs is 1. The van der Waals surface area contributed by atoms with Crippen molar-refractivity contribution in [3.05, 3.63) is 99.9 Å². The average Bonchev–Trinajstić information content (AvgIpc) is 2.87. The first-order valence-corrected chi connectivity index (χ1v) is 12.2. The van der Waals surface area contributed by atoms with Crippen LogP contribution in [0.15, 0.2) is 87.8 Å². The van der Waals surface area contributed by atoms with Gasteiger partial charge in [-0.1, -0.05) is 42.0 Å². The van der Waals surface area contributed by atoms with Gasteiger partial charge in [0.25, 0.3) is 5.56 Å². The largest absolute Gasteiger partial charge is 0.379 e. The molecule has 2 aromatic heterocycles. The molecule has 0 aliphatic carbocycles. The monoisotopic (exact) mass is 506 g/mol. The molecule has 6 nitrogen and oxygen atoms in total. The molecule has 0 atom stereocenters. The average molecular weight is 507 g/mol. The molecule has 35 heavy (non-hydrogen) atoms. The summed E-state index contributed by atoms with van der Waals surface area (Å²) < 4.78 is 6.91. The van der Waals surface area contributed by atoms with Crippen LogP contribution in [-0.4, -0.2) is 45.7 Å². The number of pyridine rings is 1. The third-order valence-electron chi connectivity index (χ3n) is 5.53. The van der Waals surface area contributed by atoms with E-state index < -0.39 is 0 Å². The summed E-state index contributed by atoms with van der Waals surface area (Å²) in [6.45, 7) is 6.08. The Hall–Kier alpha value is -2.97. The lowest BCUT2D eigenvalue weighted by Crippen LogP contribution is -2.35. The highest BCUT2D eigenvalue weighted by atomic mass is 35.5. The van der Waals surface area contributed by atoms with E-state index in [9.17, 15) is 4.79 Å². The van der Waals surface area contributed by atoms with Gasteiger partial charge in [-0.15, -0.1) is 12.6 Å². The minimum Gasteiger partial charge on any atom is -0.379 e. The van der Waals surface area contributed by atoms with Crippen molar-refractivity contribution in [3.8, 4) is 5.69 Å². The molecule has 0 saturated carbocycles. The maximum absolute atomic E-state index is 13.0. The number of hydrogen-bond donors (Lipinski definition) is 1. The number of hydrogen-bond acceptors (Lipinski definition) is 6. The van der Waals surface area contributed by atoms with Gasteiger partial charge in [-0.25, -0.2) is 4.98 Å². The Labute approximate surface area is 215 Å². The predicted molar refractivity (Wildman–Crippen MR) is 145 cm³/mol. The van der Waals surface area contributed by atoms with E-state index in [1.165, 1.54) is 10.9 Å². The highest BCUT2D eigenvalue weighted by Gasteiger charge is 2.12. The summed E-state index contributed by atoms with van der Waals surface area (Å²) in [7, 11) is 0. The summed E-state index contributed by atoms with van der Waals surface area (Å²) in [5.41, 5.74) is 2.89. The number of halogens is 1. The molecule has 1 saturated heterocycles. The highest BCUT2D eigenvalue weighted by Crippen LogP contribution is 2.19. The number of benzene rings is 1. The molecule has 1 aliphatic rings. The second-order valence-electron chi connectivity index (χ2n) is 8.02. The van der Waals surface area contributed by atoms with Crippen LogP contribution in [0.5, 0.6) is 0 Å². The smallest absolute Gasteiger partial charge is 0.271 e. The van der Waals surface area contributed by atoms with Gasteiger partial charge < -0.3 is 4.74 Å². The van der Waals surface area contributed by atoms with Gasteiger partial charge in [-0.05, 0) is 49.4 Å². The number of rotatable bonds is 7. The standard InChI is InChI=1S/C27H27ClN4O2S/c1-2-6-21(28)7-4-3-5-8-25-26(35)27(33)32(19-29-25)23-11-12-24-20(17-23)9-10-22(30-24)18-31-13-15-34-16-14-31/h2-12,17,19,35H,13-16,18H2,1H3/b4-3+,6-2-,8-5+,21-7+. The van der Waals surface area contributed by atoms with Gasteiger partial charge >= 0.3 is 0 Å². The van der Waals surface area contributed by atoms with Crippen LogP contribution in [0.3, 0.4) is 0 Å². The van der Waals surface area contributed by atoms with E-state index in [1.807, 2.05) is 55.5 Å². The third-order valence-corrected chi connectivity index (χ3v) is 6.20. The van der Waals surface area contributed by atoms with Crippen LogP contribution in [0.25, 0.3) is 22.7 Å².